The lowest BCUT2D eigenvalue weighted by Crippen LogP contribution is -2.36. The number of carbonyl (C=O) groups excluding carboxylic acids is 2. The molecule has 0 fully saturated rings. The average Bonchev–Trinajstić information content (AvgIpc) is 3.40. The Bertz CT molecular complexity index is 1030. The molecule has 0 aliphatic rings. The van der Waals surface area contributed by atoms with Crippen LogP contribution in [0, 0.1) is 10.1 Å². The van der Waals surface area contributed by atoms with Crippen molar-refractivity contribution in [2.45, 2.75) is 13.1 Å². The van der Waals surface area contributed by atoms with E-state index in [0.717, 1.165) is 21.5 Å². The molecule has 15 heteroatoms. The van der Waals surface area contributed by atoms with Crippen molar-refractivity contribution in [2.75, 3.05) is 13.1 Å². The number of halogens is 1. The van der Waals surface area contributed by atoms with Crippen LogP contribution >= 0.6 is 15.9 Å². The summed E-state index contributed by atoms with van der Waals surface area (Å²) in [6, 6.07) is 0. The van der Waals surface area contributed by atoms with Crippen LogP contribution in [0.15, 0.2) is 33.8 Å². The summed E-state index contributed by atoms with van der Waals surface area (Å²) in [7, 11) is 0. The SMILES string of the molecule is O=C(Cn1cc([N+](=O)[O-])cn1)NCCNC(=O)c1nc(Cn2cc(Br)cn2)no1. The highest BCUT2D eigenvalue weighted by molar-refractivity contribution is 9.10. The molecule has 0 spiro atoms. The summed E-state index contributed by atoms with van der Waals surface area (Å²) in [6.45, 7) is 0.312. The van der Waals surface area contributed by atoms with Crippen molar-refractivity contribution in [2.24, 2.45) is 0 Å². The number of rotatable bonds is 9. The summed E-state index contributed by atoms with van der Waals surface area (Å²) in [5.41, 5.74) is -0.204. The van der Waals surface area contributed by atoms with E-state index in [1.54, 1.807) is 17.1 Å². The minimum atomic E-state index is -0.603. The minimum absolute atomic E-state index is 0.119. The largest absolute Gasteiger partial charge is 0.353 e. The molecule has 0 radical (unpaired) electrons. The van der Waals surface area contributed by atoms with Crippen LogP contribution in [0.25, 0.3) is 0 Å². The van der Waals surface area contributed by atoms with E-state index in [2.05, 4.69) is 46.9 Å². The fraction of sp³-hybridized carbons (Fsp3) is 0.286. The third-order valence-corrected chi connectivity index (χ3v) is 3.85. The normalized spacial score (nSPS) is 10.7. The predicted molar refractivity (Wildman–Crippen MR) is 97.6 cm³/mol. The summed E-state index contributed by atoms with van der Waals surface area (Å²) in [4.78, 5) is 37.7. The van der Waals surface area contributed by atoms with Crippen LogP contribution in [0.1, 0.15) is 16.5 Å². The van der Waals surface area contributed by atoms with Gasteiger partial charge >= 0.3 is 17.5 Å². The van der Waals surface area contributed by atoms with Crippen molar-refractivity contribution in [3.8, 4) is 0 Å². The van der Waals surface area contributed by atoms with E-state index in [1.165, 1.54) is 0 Å². The molecule has 2 amide bonds. The molecule has 0 aliphatic carbocycles. The number of amides is 2. The van der Waals surface area contributed by atoms with E-state index in [9.17, 15) is 19.7 Å². The molecule has 0 bridgehead atoms. The molecule has 0 unspecified atom stereocenters. The van der Waals surface area contributed by atoms with Crippen LogP contribution in [-0.2, 0) is 17.9 Å². The molecule has 152 valence electrons. The van der Waals surface area contributed by atoms with Crippen LogP contribution in [0.4, 0.5) is 5.69 Å². The van der Waals surface area contributed by atoms with Gasteiger partial charge in [-0.15, -0.1) is 0 Å². The highest BCUT2D eigenvalue weighted by Crippen LogP contribution is 2.08. The maximum atomic E-state index is 12.0. The van der Waals surface area contributed by atoms with E-state index in [0.29, 0.717) is 0 Å². The predicted octanol–water partition coefficient (Wildman–Crippen LogP) is -0.272. The third-order valence-electron chi connectivity index (χ3n) is 3.44. The van der Waals surface area contributed by atoms with Crippen molar-refractivity contribution in [3.63, 3.8) is 0 Å². The molecule has 3 aromatic heterocycles. The first kappa shape index (κ1) is 20.1. The lowest BCUT2D eigenvalue weighted by atomic mass is 10.5. The smallest absolute Gasteiger partial charge is 0.316 e. The Morgan fingerprint density at radius 3 is 2.62 bits per heavy atom. The van der Waals surface area contributed by atoms with Crippen molar-refractivity contribution in [1.82, 2.24) is 40.3 Å². The second kappa shape index (κ2) is 9.05. The molecule has 0 saturated heterocycles. The van der Waals surface area contributed by atoms with E-state index in [-0.39, 0.29) is 43.6 Å². The Kier molecular flexibility index (Phi) is 6.28. The molecule has 3 rings (SSSR count). The van der Waals surface area contributed by atoms with E-state index in [4.69, 9.17) is 4.52 Å². The van der Waals surface area contributed by atoms with Crippen LogP contribution in [-0.4, -0.2) is 59.5 Å². The highest BCUT2D eigenvalue weighted by Gasteiger charge is 2.15. The molecule has 0 aromatic carbocycles. The fourth-order valence-electron chi connectivity index (χ4n) is 2.17. The third kappa shape index (κ3) is 5.68. The van der Waals surface area contributed by atoms with E-state index >= 15 is 0 Å². The van der Waals surface area contributed by atoms with E-state index in [1.807, 2.05) is 0 Å². The van der Waals surface area contributed by atoms with Crippen molar-refractivity contribution in [3.05, 3.63) is 51.1 Å². The first-order valence-electron chi connectivity index (χ1n) is 8.13. The zero-order chi connectivity index (χ0) is 20.8. The van der Waals surface area contributed by atoms with Gasteiger partial charge in [0.2, 0.25) is 5.91 Å². The van der Waals surface area contributed by atoms with Gasteiger partial charge in [-0.2, -0.15) is 15.2 Å². The Labute approximate surface area is 170 Å². The summed E-state index contributed by atoms with van der Waals surface area (Å²) in [5, 5.41) is 27.1. The summed E-state index contributed by atoms with van der Waals surface area (Å²) < 4.78 is 8.42. The Balaban J connectivity index is 1.38. The summed E-state index contributed by atoms with van der Waals surface area (Å²) >= 11 is 3.27. The molecule has 0 atom stereocenters. The van der Waals surface area contributed by atoms with E-state index < -0.39 is 16.7 Å². The maximum Gasteiger partial charge on any atom is 0.316 e. The quantitative estimate of drug-likeness (QED) is 0.243. The van der Waals surface area contributed by atoms with Gasteiger partial charge in [0.15, 0.2) is 5.82 Å². The van der Waals surface area contributed by atoms with Gasteiger partial charge in [-0.25, -0.2) is 0 Å². The summed E-state index contributed by atoms with van der Waals surface area (Å²) in [5.74, 6) is -0.918. The zero-order valence-corrected chi connectivity index (χ0v) is 16.3. The molecule has 0 saturated carbocycles. The Morgan fingerprint density at radius 2 is 1.93 bits per heavy atom. The van der Waals surface area contributed by atoms with Gasteiger partial charge in [0.1, 0.15) is 25.5 Å². The molecule has 29 heavy (non-hydrogen) atoms. The molecule has 0 aliphatic heterocycles. The molecule has 2 N–H and O–H groups in total. The van der Waals surface area contributed by atoms with Gasteiger partial charge in [-0.1, -0.05) is 5.16 Å². The van der Waals surface area contributed by atoms with Crippen molar-refractivity contribution < 1.29 is 19.0 Å². The first-order chi connectivity index (χ1) is 13.9. The Morgan fingerprint density at radius 1 is 1.17 bits per heavy atom. The van der Waals surface area contributed by atoms with Crippen LogP contribution in [0.3, 0.4) is 0 Å². The van der Waals surface area contributed by atoms with Crippen molar-refractivity contribution in [1.29, 1.82) is 0 Å². The van der Waals surface area contributed by atoms with Gasteiger partial charge in [0.25, 0.3) is 0 Å². The monoisotopic (exact) mass is 467 g/mol. The number of hydrogen-bond acceptors (Lipinski definition) is 9. The van der Waals surface area contributed by atoms with Crippen molar-refractivity contribution >= 4 is 33.4 Å². The Hall–Kier alpha value is -3.62. The van der Waals surface area contributed by atoms with Crippen LogP contribution in [0.2, 0.25) is 0 Å². The number of nitrogens with zero attached hydrogens (tertiary/aromatic N) is 7. The number of hydrogen-bond donors (Lipinski definition) is 2. The number of nitrogens with one attached hydrogen (secondary N) is 2. The minimum Gasteiger partial charge on any atom is -0.353 e. The topological polar surface area (TPSA) is 176 Å². The molecule has 14 nitrogen and oxygen atoms in total. The molecule has 3 heterocycles. The lowest BCUT2D eigenvalue weighted by Gasteiger charge is -2.05. The first-order valence-corrected chi connectivity index (χ1v) is 8.92. The van der Waals surface area contributed by atoms with Crippen LogP contribution in [0.5, 0.6) is 0 Å². The van der Waals surface area contributed by atoms with Gasteiger partial charge in [-0.3, -0.25) is 29.1 Å². The standard InChI is InChI=1S/C14H14BrN9O5/c15-9-3-18-22(5-9)7-11-20-14(29-21-11)13(26)17-2-1-16-12(25)8-23-6-10(4-19-23)24(27)28/h3-6H,1-2,7-8H2,(H,16,25)(H,17,26). The fourth-order valence-corrected chi connectivity index (χ4v) is 2.50. The van der Waals surface area contributed by atoms with Gasteiger partial charge < -0.3 is 15.2 Å². The molecular formula is C14H14BrN9O5. The summed E-state index contributed by atoms with van der Waals surface area (Å²) in [6.07, 6.45) is 5.53. The second-order valence-corrected chi connectivity index (χ2v) is 6.55. The zero-order valence-electron chi connectivity index (χ0n) is 14.7. The van der Waals surface area contributed by atoms with Gasteiger partial charge in [-0.05, 0) is 15.9 Å². The number of aromatic nitrogens is 6. The average molecular weight is 468 g/mol. The maximum absolute atomic E-state index is 12.0. The number of carbonyl (C=O) groups is 2. The van der Waals surface area contributed by atoms with Crippen LogP contribution < -0.4 is 10.6 Å². The highest BCUT2D eigenvalue weighted by atomic mass is 79.9. The second-order valence-electron chi connectivity index (χ2n) is 5.63. The lowest BCUT2D eigenvalue weighted by molar-refractivity contribution is -0.385. The molecule has 3 aromatic rings. The molecular weight excluding hydrogens is 454 g/mol. The van der Waals surface area contributed by atoms with Gasteiger partial charge in [0, 0.05) is 19.3 Å². The number of nitro groups is 1. The van der Waals surface area contributed by atoms with Gasteiger partial charge in [0.05, 0.1) is 15.6 Å².